The van der Waals surface area contributed by atoms with Gasteiger partial charge >= 0.3 is 0 Å². The summed E-state index contributed by atoms with van der Waals surface area (Å²) in [7, 11) is 0. The van der Waals surface area contributed by atoms with Crippen molar-refractivity contribution in [2.24, 2.45) is 0 Å². The Bertz CT molecular complexity index is 921. The minimum atomic E-state index is -0.519. The Labute approximate surface area is 144 Å². The number of amides is 2. The van der Waals surface area contributed by atoms with Crippen molar-refractivity contribution in [1.82, 2.24) is 20.7 Å². The average molecular weight is 335 g/mol. The lowest BCUT2D eigenvalue weighted by Gasteiger charge is -2.32. The molecular formula is C18H17N5O2. The van der Waals surface area contributed by atoms with Gasteiger partial charge in [0, 0.05) is 17.8 Å². The summed E-state index contributed by atoms with van der Waals surface area (Å²) < 4.78 is 0. The lowest BCUT2D eigenvalue weighted by Crippen LogP contribution is -2.52. The van der Waals surface area contributed by atoms with Gasteiger partial charge in [0.05, 0.1) is 0 Å². The molecule has 2 N–H and O–H groups in total. The third-order valence-corrected chi connectivity index (χ3v) is 4.39. The van der Waals surface area contributed by atoms with Gasteiger partial charge in [-0.1, -0.05) is 18.2 Å². The predicted molar refractivity (Wildman–Crippen MR) is 93.2 cm³/mol. The van der Waals surface area contributed by atoms with E-state index in [9.17, 15) is 9.59 Å². The molecule has 0 aliphatic carbocycles. The SMILES string of the molecule is O=C(N[C@@H]1CCCN(c2ccccc2)C1=O)c1ccc2n[nH]nc2c1. The topological polar surface area (TPSA) is 91.0 Å². The lowest BCUT2D eigenvalue weighted by atomic mass is 10.0. The van der Waals surface area contributed by atoms with Gasteiger partial charge in [0.15, 0.2) is 0 Å². The summed E-state index contributed by atoms with van der Waals surface area (Å²) in [4.78, 5) is 27.0. The van der Waals surface area contributed by atoms with Gasteiger partial charge in [-0.2, -0.15) is 15.4 Å². The van der Waals surface area contributed by atoms with Crippen LogP contribution in [0.4, 0.5) is 5.69 Å². The summed E-state index contributed by atoms with van der Waals surface area (Å²) in [5, 5.41) is 13.3. The average Bonchev–Trinajstić information content (AvgIpc) is 3.12. The van der Waals surface area contributed by atoms with Crippen molar-refractivity contribution in [2.75, 3.05) is 11.4 Å². The third-order valence-electron chi connectivity index (χ3n) is 4.39. The number of benzene rings is 2. The van der Waals surface area contributed by atoms with Gasteiger partial charge in [0.2, 0.25) is 5.91 Å². The number of hydrogen-bond acceptors (Lipinski definition) is 4. The number of carbonyl (C=O) groups excluding carboxylic acids is 2. The van der Waals surface area contributed by atoms with Gasteiger partial charge in [-0.3, -0.25) is 9.59 Å². The normalized spacial score (nSPS) is 17.7. The number of anilines is 1. The number of para-hydroxylation sites is 1. The molecule has 1 aliphatic rings. The molecule has 7 nitrogen and oxygen atoms in total. The molecule has 4 rings (SSSR count). The van der Waals surface area contributed by atoms with E-state index in [2.05, 4.69) is 20.7 Å². The third kappa shape index (κ3) is 2.96. The summed E-state index contributed by atoms with van der Waals surface area (Å²) >= 11 is 0. The van der Waals surface area contributed by atoms with Crippen molar-refractivity contribution in [3.05, 3.63) is 54.1 Å². The van der Waals surface area contributed by atoms with Crippen molar-refractivity contribution in [3.63, 3.8) is 0 Å². The molecule has 1 fully saturated rings. The van der Waals surface area contributed by atoms with E-state index >= 15 is 0 Å². The van der Waals surface area contributed by atoms with Gasteiger partial charge < -0.3 is 10.2 Å². The molecule has 1 atom stereocenters. The van der Waals surface area contributed by atoms with E-state index < -0.39 is 6.04 Å². The molecule has 0 bridgehead atoms. The van der Waals surface area contributed by atoms with Crippen LogP contribution in [-0.2, 0) is 4.79 Å². The molecule has 1 saturated heterocycles. The Morgan fingerprint density at radius 3 is 2.76 bits per heavy atom. The van der Waals surface area contributed by atoms with Crippen LogP contribution in [0.2, 0.25) is 0 Å². The molecule has 1 aromatic heterocycles. The summed E-state index contributed by atoms with van der Waals surface area (Å²) in [6.07, 6.45) is 1.48. The van der Waals surface area contributed by atoms with Crippen LogP contribution < -0.4 is 10.2 Å². The standard InChI is InChI=1S/C18H17N5O2/c24-17(12-8-9-14-16(11-12)21-22-20-14)19-15-7-4-10-23(18(15)25)13-5-2-1-3-6-13/h1-3,5-6,8-9,11,15H,4,7,10H2,(H,19,24)(H,20,21,22)/t15-/m1/s1. The van der Waals surface area contributed by atoms with Crippen LogP contribution >= 0.6 is 0 Å². The van der Waals surface area contributed by atoms with Crippen LogP contribution in [0.15, 0.2) is 48.5 Å². The Kier molecular flexibility index (Phi) is 3.89. The number of fused-ring (bicyclic) bond motifs is 1. The second kappa shape index (κ2) is 6.35. The number of H-pyrrole nitrogens is 1. The fourth-order valence-electron chi connectivity index (χ4n) is 3.10. The number of aromatic nitrogens is 3. The van der Waals surface area contributed by atoms with Crippen LogP contribution in [0, 0.1) is 0 Å². The molecule has 2 amide bonds. The maximum Gasteiger partial charge on any atom is 0.252 e. The van der Waals surface area contributed by atoms with Crippen molar-refractivity contribution in [1.29, 1.82) is 0 Å². The second-order valence-corrected chi connectivity index (χ2v) is 6.02. The number of aromatic amines is 1. The molecule has 0 unspecified atom stereocenters. The molecule has 25 heavy (non-hydrogen) atoms. The van der Waals surface area contributed by atoms with E-state index in [-0.39, 0.29) is 11.8 Å². The summed E-state index contributed by atoms with van der Waals surface area (Å²) in [5.41, 5.74) is 2.63. The Balaban J connectivity index is 1.51. The van der Waals surface area contributed by atoms with Crippen LogP contribution in [0.5, 0.6) is 0 Å². The molecule has 0 saturated carbocycles. The fourth-order valence-corrected chi connectivity index (χ4v) is 3.10. The second-order valence-electron chi connectivity index (χ2n) is 6.02. The highest BCUT2D eigenvalue weighted by Crippen LogP contribution is 2.21. The largest absolute Gasteiger partial charge is 0.340 e. The number of carbonyl (C=O) groups is 2. The van der Waals surface area contributed by atoms with Gasteiger partial charge in [-0.25, -0.2) is 0 Å². The quantitative estimate of drug-likeness (QED) is 0.764. The first-order chi connectivity index (χ1) is 12.2. The zero-order chi connectivity index (χ0) is 17.2. The van der Waals surface area contributed by atoms with Crippen molar-refractivity contribution < 1.29 is 9.59 Å². The molecule has 7 heteroatoms. The van der Waals surface area contributed by atoms with Gasteiger partial charge in [0.1, 0.15) is 17.1 Å². The fraction of sp³-hybridized carbons (Fsp3) is 0.222. The van der Waals surface area contributed by atoms with E-state index in [1.165, 1.54) is 0 Å². The van der Waals surface area contributed by atoms with Gasteiger partial charge in [0.25, 0.3) is 5.91 Å². The molecule has 0 radical (unpaired) electrons. The van der Waals surface area contributed by atoms with E-state index in [0.717, 1.165) is 12.1 Å². The Morgan fingerprint density at radius 2 is 1.92 bits per heavy atom. The summed E-state index contributed by atoms with van der Waals surface area (Å²) in [6, 6.07) is 14.1. The van der Waals surface area contributed by atoms with Gasteiger partial charge in [-0.15, -0.1) is 0 Å². The predicted octanol–water partition coefficient (Wildman–Crippen LogP) is 1.88. The zero-order valence-electron chi connectivity index (χ0n) is 13.5. The molecule has 3 aromatic rings. The maximum absolute atomic E-state index is 12.7. The van der Waals surface area contributed by atoms with Crippen molar-refractivity contribution in [2.45, 2.75) is 18.9 Å². The smallest absolute Gasteiger partial charge is 0.252 e. The zero-order valence-corrected chi connectivity index (χ0v) is 13.5. The number of piperidine rings is 1. The molecule has 2 heterocycles. The minimum absolute atomic E-state index is 0.0756. The Morgan fingerprint density at radius 1 is 1.12 bits per heavy atom. The molecular weight excluding hydrogens is 318 g/mol. The number of hydrogen-bond donors (Lipinski definition) is 2. The van der Waals surface area contributed by atoms with Crippen LogP contribution in [0.25, 0.3) is 11.0 Å². The number of nitrogens with zero attached hydrogens (tertiary/aromatic N) is 3. The van der Waals surface area contributed by atoms with Crippen LogP contribution in [0.3, 0.4) is 0 Å². The van der Waals surface area contributed by atoms with E-state index in [1.54, 1.807) is 23.1 Å². The molecule has 2 aromatic carbocycles. The first kappa shape index (κ1) is 15.3. The van der Waals surface area contributed by atoms with Crippen molar-refractivity contribution in [3.8, 4) is 0 Å². The lowest BCUT2D eigenvalue weighted by molar-refractivity contribution is -0.121. The highest BCUT2D eigenvalue weighted by atomic mass is 16.2. The molecule has 126 valence electrons. The minimum Gasteiger partial charge on any atom is -0.340 e. The van der Waals surface area contributed by atoms with E-state index in [4.69, 9.17) is 0 Å². The van der Waals surface area contributed by atoms with E-state index in [0.29, 0.717) is 29.6 Å². The summed E-state index contributed by atoms with van der Waals surface area (Å²) in [5.74, 6) is -0.355. The highest BCUT2D eigenvalue weighted by molar-refractivity contribution is 6.03. The Hall–Kier alpha value is -3.22. The molecule has 1 aliphatic heterocycles. The van der Waals surface area contributed by atoms with Crippen LogP contribution in [0.1, 0.15) is 23.2 Å². The van der Waals surface area contributed by atoms with E-state index in [1.807, 2.05) is 30.3 Å². The monoisotopic (exact) mass is 335 g/mol. The van der Waals surface area contributed by atoms with Crippen LogP contribution in [-0.4, -0.2) is 39.8 Å². The summed E-state index contributed by atoms with van der Waals surface area (Å²) in [6.45, 7) is 0.667. The number of rotatable bonds is 3. The maximum atomic E-state index is 12.7. The molecule has 0 spiro atoms. The van der Waals surface area contributed by atoms with Gasteiger partial charge in [-0.05, 0) is 43.2 Å². The first-order valence-electron chi connectivity index (χ1n) is 8.20. The number of nitrogens with one attached hydrogen (secondary N) is 2. The first-order valence-corrected chi connectivity index (χ1v) is 8.20. The van der Waals surface area contributed by atoms with Crippen molar-refractivity contribution >= 4 is 28.5 Å². The highest BCUT2D eigenvalue weighted by Gasteiger charge is 2.30.